The Kier molecular flexibility index (Phi) is 6.61. The van der Waals surface area contributed by atoms with Crippen LogP contribution in [0.4, 0.5) is 5.69 Å². The zero-order valence-corrected chi connectivity index (χ0v) is 14.6. The zero-order valence-electron chi connectivity index (χ0n) is 14.6. The zero-order chi connectivity index (χ0) is 17.5. The van der Waals surface area contributed by atoms with Gasteiger partial charge >= 0.3 is 0 Å². The summed E-state index contributed by atoms with van der Waals surface area (Å²) in [5, 5.41) is 2.83. The van der Waals surface area contributed by atoms with Gasteiger partial charge in [0.1, 0.15) is 11.9 Å². The van der Waals surface area contributed by atoms with E-state index in [9.17, 15) is 9.59 Å². The monoisotopic (exact) mass is 334 g/mol. The first-order valence-corrected chi connectivity index (χ1v) is 8.41. The molecule has 2 amide bonds. The first-order valence-electron chi connectivity index (χ1n) is 8.41. The number of hydrogen-bond donors (Lipinski definition) is 1. The van der Waals surface area contributed by atoms with E-state index in [1.54, 1.807) is 4.90 Å². The molecule has 1 aliphatic heterocycles. The molecule has 0 aliphatic carbocycles. The molecule has 0 aromatic heterocycles. The number of hydrogen-bond acceptors (Lipinski definition) is 4. The van der Waals surface area contributed by atoms with Gasteiger partial charge < -0.3 is 19.7 Å². The molecule has 6 heteroatoms. The Morgan fingerprint density at radius 3 is 2.58 bits per heavy atom. The van der Waals surface area contributed by atoms with Gasteiger partial charge in [0.25, 0.3) is 0 Å². The van der Waals surface area contributed by atoms with Crippen molar-refractivity contribution in [3.8, 4) is 5.75 Å². The van der Waals surface area contributed by atoms with Crippen LogP contribution in [0.1, 0.15) is 33.6 Å². The molecule has 0 radical (unpaired) electrons. The predicted molar refractivity (Wildman–Crippen MR) is 92.2 cm³/mol. The maximum absolute atomic E-state index is 11.9. The second-order valence-electron chi connectivity index (χ2n) is 6.12. The van der Waals surface area contributed by atoms with Gasteiger partial charge in [-0.25, -0.2) is 0 Å². The van der Waals surface area contributed by atoms with E-state index < -0.39 is 0 Å². The van der Waals surface area contributed by atoms with Crippen LogP contribution in [0.15, 0.2) is 24.3 Å². The van der Waals surface area contributed by atoms with Crippen molar-refractivity contribution in [1.82, 2.24) is 5.32 Å². The van der Waals surface area contributed by atoms with Crippen molar-refractivity contribution in [3.05, 3.63) is 24.3 Å². The van der Waals surface area contributed by atoms with Gasteiger partial charge in [0.2, 0.25) is 11.8 Å². The number of anilines is 1. The summed E-state index contributed by atoms with van der Waals surface area (Å²) >= 11 is 0. The molecule has 24 heavy (non-hydrogen) atoms. The average molecular weight is 334 g/mol. The fourth-order valence-electron chi connectivity index (χ4n) is 2.63. The first-order chi connectivity index (χ1) is 11.5. The molecule has 1 aromatic carbocycles. The Hall–Kier alpha value is -2.08. The Morgan fingerprint density at radius 2 is 2.04 bits per heavy atom. The molecular weight excluding hydrogens is 308 g/mol. The number of ether oxygens (including phenoxy) is 2. The van der Waals surface area contributed by atoms with E-state index in [0.717, 1.165) is 24.3 Å². The van der Waals surface area contributed by atoms with Crippen molar-refractivity contribution >= 4 is 17.5 Å². The van der Waals surface area contributed by atoms with Crippen molar-refractivity contribution < 1.29 is 19.1 Å². The molecule has 1 N–H and O–H groups in total. The maximum Gasteiger partial charge on any atom is 0.249 e. The second kappa shape index (κ2) is 8.68. The van der Waals surface area contributed by atoms with Crippen molar-refractivity contribution in [1.29, 1.82) is 0 Å². The Balaban J connectivity index is 1.89. The second-order valence-corrected chi connectivity index (χ2v) is 6.12. The van der Waals surface area contributed by atoms with Crippen LogP contribution in [0.3, 0.4) is 0 Å². The van der Waals surface area contributed by atoms with Crippen LogP contribution in [0, 0.1) is 0 Å². The van der Waals surface area contributed by atoms with E-state index in [0.29, 0.717) is 19.7 Å². The summed E-state index contributed by atoms with van der Waals surface area (Å²) < 4.78 is 10.9. The topological polar surface area (TPSA) is 67.9 Å². The Morgan fingerprint density at radius 1 is 1.33 bits per heavy atom. The number of carbonyl (C=O) groups excluding carboxylic acids is 2. The molecule has 1 aliphatic rings. The van der Waals surface area contributed by atoms with Gasteiger partial charge in [0, 0.05) is 32.3 Å². The van der Waals surface area contributed by atoms with Crippen LogP contribution in [0.5, 0.6) is 5.75 Å². The SMILES string of the molecule is CC(=O)N(CCNC(=O)C1CCCO1)c1ccc(OC(C)C)cc1. The van der Waals surface area contributed by atoms with Gasteiger partial charge in [-0.3, -0.25) is 9.59 Å². The summed E-state index contributed by atoms with van der Waals surface area (Å²) in [6.07, 6.45) is 1.44. The molecule has 0 bridgehead atoms. The minimum absolute atomic E-state index is 0.0705. The highest BCUT2D eigenvalue weighted by Crippen LogP contribution is 2.20. The van der Waals surface area contributed by atoms with Crippen molar-refractivity contribution in [2.45, 2.75) is 45.8 Å². The molecular formula is C18H26N2O4. The highest BCUT2D eigenvalue weighted by molar-refractivity contribution is 5.91. The number of rotatable bonds is 7. The third-order valence-electron chi connectivity index (χ3n) is 3.76. The van der Waals surface area contributed by atoms with Gasteiger partial charge in [-0.05, 0) is 51.0 Å². The van der Waals surface area contributed by atoms with Crippen LogP contribution in [-0.2, 0) is 14.3 Å². The summed E-state index contributed by atoms with van der Waals surface area (Å²) in [6.45, 7) is 6.89. The molecule has 0 spiro atoms. The minimum atomic E-state index is -0.344. The number of amides is 2. The lowest BCUT2D eigenvalue weighted by atomic mass is 10.2. The van der Waals surface area contributed by atoms with Crippen LogP contribution in [-0.4, -0.2) is 43.7 Å². The molecule has 1 unspecified atom stereocenters. The molecule has 2 rings (SSSR count). The molecule has 1 fully saturated rings. The lowest BCUT2D eigenvalue weighted by molar-refractivity contribution is -0.130. The highest BCUT2D eigenvalue weighted by atomic mass is 16.5. The lowest BCUT2D eigenvalue weighted by Crippen LogP contribution is -2.41. The fraction of sp³-hybridized carbons (Fsp3) is 0.556. The summed E-state index contributed by atoms with van der Waals surface area (Å²) in [7, 11) is 0. The molecule has 132 valence electrons. The van der Waals surface area contributed by atoms with Gasteiger partial charge in [0.15, 0.2) is 0 Å². The Labute approximate surface area is 143 Å². The van der Waals surface area contributed by atoms with Gasteiger partial charge in [0.05, 0.1) is 6.10 Å². The van der Waals surface area contributed by atoms with E-state index in [2.05, 4.69) is 5.32 Å². The van der Waals surface area contributed by atoms with E-state index in [1.165, 1.54) is 6.92 Å². The predicted octanol–water partition coefficient (Wildman–Crippen LogP) is 2.12. The third-order valence-corrected chi connectivity index (χ3v) is 3.76. The number of nitrogens with zero attached hydrogens (tertiary/aromatic N) is 1. The summed E-state index contributed by atoms with van der Waals surface area (Å²) in [6, 6.07) is 7.38. The summed E-state index contributed by atoms with van der Waals surface area (Å²) in [5.41, 5.74) is 0.782. The fourth-order valence-corrected chi connectivity index (χ4v) is 2.63. The van der Waals surface area contributed by atoms with Crippen LogP contribution in [0.2, 0.25) is 0 Å². The highest BCUT2D eigenvalue weighted by Gasteiger charge is 2.23. The Bertz CT molecular complexity index is 551. The molecule has 0 saturated carbocycles. The number of nitrogens with one attached hydrogen (secondary N) is 1. The largest absolute Gasteiger partial charge is 0.491 e. The van der Waals surface area contributed by atoms with Crippen molar-refractivity contribution in [2.24, 2.45) is 0 Å². The molecule has 6 nitrogen and oxygen atoms in total. The van der Waals surface area contributed by atoms with Crippen LogP contribution < -0.4 is 15.0 Å². The smallest absolute Gasteiger partial charge is 0.249 e. The quantitative estimate of drug-likeness (QED) is 0.829. The summed E-state index contributed by atoms with van der Waals surface area (Å²) in [5.74, 6) is 0.597. The minimum Gasteiger partial charge on any atom is -0.491 e. The average Bonchev–Trinajstić information content (AvgIpc) is 3.06. The third kappa shape index (κ3) is 5.23. The maximum atomic E-state index is 11.9. The first kappa shape index (κ1) is 18.3. The number of benzene rings is 1. The van der Waals surface area contributed by atoms with E-state index in [-0.39, 0.29) is 24.0 Å². The van der Waals surface area contributed by atoms with Crippen molar-refractivity contribution in [2.75, 3.05) is 24.6 Å². The van der Waals surface area contributed by atoms with Crippen LogP contribution >= 0.6 is 0 Å². The molecule has 1 aromatic rings. The summed E-state index contributed by atoms with van der Waals surface area (Å²) in [4.78, 5) is 25.5. The van der Waals surface area contributed by atoms with Gasteiger partial charge in [-0.2, -0.15) is 0 Å². The number of carbonyl (C=O) groups is 2. The van der Waals surface area contributed by atoms with E-state index in [4.69, 9.17) is 9.47 Å². The molecule has 1 heterocycles. The molecule has 1 saturated heterocycles. The standard InChI is InChI=1S/C18H26N2O4/c1-13(2)24-16-8-6-15(7-9-16)20(14(3)21)11-10-19-18(22)17-5-4-12-23-17/h6-9,13,17H,4-5,10-12H2,1-3H3,(H,19,22). The normalized spacial score (nSPS) is 16.9. The molecule has 1 atom stereocenters. The van der Waals surface area contributed by atoms with Gasteiger partial charge in [-0.1, -0.05) is 0 Å². The van der Waals surface area contributed by atoms with E-state index >= 15 is 0 Å². The van der Waals surface area contributed by atoms with Crippen LogP contribution in [0.25, 0.3) is 0 Å². The van der Waals surface area contributed by atoms with Crippen molar-refractivity contribution in [3.63, 3.8) is 0 Å². The van der Waals surface area contributed by atoms with E-state index in [1.807, 2.05) is 38.1 Å². The van der Waals surface area contributed by atoms with Gasteiger partial charge in [-0.15, -0.1) is 0 Å². The lowest BCUT2D eigenvalue weighted by Gasteiger charge is -2.22.